The predicted molar refractivity (Wildman–Crippen MR) is 77.9 cm³/mol. The molecule has 20 heavy (non-hydrogen) atoms. The van der Waals surface area contributed by atoms with Gasteiger partial charge in [-0.05, 0) is 61.2 Å². The predicted octanol–water partition coefficient (Wildman–Crippen LogP) is 4.48. The molecule has 0 saturated heterocycles. The van der Waals surface area contributed by atoms with E-state index in [1.165, 1.54) is 18.2 Å². The number of rotatable bonds is 3. The van der Waals surface area contributed by atoms with E-state index < -0.39 is 6.04 Å². The summed E-state index contributed by atoms with van der Waals surface area (Å²) in [5, 5.41) is 0.359. The van der Waals surface area contributed by atoms with E-state index in [9.17, 15) is 8.78 Å². The molecular weight excluding hydrogens is 280 g/mol. The summed E-state index contributed by atoms with van der Waals surface area (Å²) in [7, 11) is 0. The number of halogens is 3. The molecule has 0 heterocycles. The van der Waals surface area contributed by atoms with Gasteiger partial charge in [-0.15, -0.1) is 0 Å². The second-order valence-corrected chi connectivity index (χ2v) is 5.37. The van der Waals surface area contributed by atoms with E-state index in [-0.39, 0.29) is 18.1 Å². The van der Waals surface area contributed by atoms with Crippen LogP contribution >= 0.6 is 11.6 Å². The number of hydrogen-bond acceptors (Lipinski definition) is 1. The molecule has 0 aliphatic rings. The van der Waals surface area contributed by atoms with Gasteiger partial charge >= 0.3 is 0 Å². The fraction of sp³-hybridized carbons (Fsp3) is 0.250. The molecule has 0 spiro atoms. The van der Waals surface area contributed by atoms with Crippen LogP contribution in [0.25, 0.3) is 0 Å². The largest absolute Gasteiger partial charge is 0.324 e. The Hall–Kier alpha value is -1.45. The Balaban J connectivity index is 2.36. The molecule has 0 radical (unpaired) electrons. The van der Waals surface area contributed by atoms with Gasteiger partial charge in [0.2, 0.25) is 0 Å². The Kier molecular flexibility index (Phi) is 4.41. The molecule has 2 rings (SSSR count). The lowest BCUT2D eigenvalue weighted by molar-refractivity contribution is 0.589. The molecule has 1 atom stereocenters. The van der Waals surface area contributed by atoms with Crippen molar-refractivity contribution in [2.24, 2.45) is 5.73 Å². The zero-order valence-electron chi connectivity index (χ0n) is 11.4. The van der Waals surface area contributed by atoms with E-state index in [2.05, 4.69) is 0 Å². The third-order valence-corrected chi connectivity index (χ3v) is 3.77. The van der Waals surface area contributed by atoms with Gasteiger partial charge in [-0.25, -0.2) is 8.78 Å². The van der Waals surface area contributed by atoms with Gasteiger partial charge in [-0.1, -0.05) is 17.7 Å². The maximum absolute atomic E-state index is 13.8. The number of aryl methyl sites for hydroxylation is 2. The SMILES string of the molecule is Cc1cc(F)cc(C)c1C(N)Cc1c(F)cccc1Cl. The van der Waals surface area contributed by atoms with Crippen LogP contribution in [0.3, 0.4) is 0 Å². The molecule has 1 nitrogen and oxygen atoms in total. The van der Waals surface area contributed by atoms with Crippen LogP contribution < -0.4 is 5.73 Å². The highest BCUT2D eigenvalue weighted by Gasteiger charge is 2.17. The molecule has 0 aliphatic carbocycles. The minimum atomic E-state index is -0.426. The highest BCUT2D eigenvalue weighted by molar-refractivity contribution is 6.31. The Labute approximate surface area is 122 Å². The number of nitrogens with two attached hydrogens (primary N) is 1. The molecule has 2 N–H and O–H groups in total. The van der Waals surface area contributed by atoms with Crippen LogP contribution in [-0.4, -0.2) is 0 Å². The highest BCUT2D eigenvalue weighted by atomic mass is 35.5. The maximum atomic E-state index is 13.8. The smallest absolute Gasteiger partial charge is 0.127 e. The standard InChI is InChI=1S/C16H16ClF2N/c1-9-6-11(18)7-10(2)16(9)15(20)8-12-13(17)4-3-5-14(12)19/h3-7,15H,8,20H2,1-2H3. The first kappa shape index (κ1) is 14.9. The third kappa shape index (κ3) is 3.00. The highest BCUT2D eigenvalue weighted by Crippen LogP contribution is 2.28. The van der Waals surface area contributed by atoms with Gasteiger partial charge in [0, 0.05) is 16.6 Å². The topological polar surface area (TPSA) is 26.0 Å². The van der Waals surface area contributed by atoms with Crippen molar-refractivity contribution in [2.45, 2.75) is 26.3 Å². The first-order chi connectivity index (χ1) is 9.40. The van der Waals surface area contributed by atoms with Crippen molar-refractivity contribution in [3.05, 3.63) is 69.2 Å². The van der Waals surface area contributed by atoms with Crippen molar-refractivity contribution in [1.29, 1.82) is 0 Å². The van der Waals surface area contributed by atoms with Crippen molar-refractivity contribution >= 4 is 11.6 Å². The van der Waals surface area contributed by atoms with E-state index in [1.54, 1.807) is 26.0 Å². The lowest BCUT2D eigenvalue weighted by Gasteiger charge is -2.19. The number of benzene rings is 2. The van der Waals surface area contributed by atoms with E-state index in [0.717, 1.165) is 16.7 Å². The quantitative estimate of drug-likeness (QED) is 0.888. The maximum Gasteiger partial charge on any atom is 0.127 e. The molecule has 2 aromatic rings. The van der Waals surface area contributed by atoms with Gasteiger partial charge in [0.1, 0.15) is 11.6 Å². The molecule has 2 aromatic carbocycles. The Morgan fingerprint density at radius 1 is 1.15 bits per heavy atom. The van der Waals surface area contributed by atoms with E-state index >= 15 is 0 Å². The van der Waals surface area contributed by atoms with Gasteiger partial charge in [-0.2, -0.15) is 0 Å². The fourth-order valence-electron chi connectivity index (χ4n) is 2.56. The average molecular weight is 296 g/mol. The molecule has 0 bridgehead atoms. The Bertz CT molecular complexity index is 597. The summed E-state index contributed by atoms with van der Waals surface area (Å²) in [6.45, 7) is 3.60. The Morgan fingerprint density at radius 2 is 1.75 bits per heavy atom. The van der Waals surface area contributed by atoms with Crippen LogP contribution in [0, 0.1) is 25.5 Å². The summed E-state index contributed by atoms with van der Waals surface area (Å²) >= 11 is 6.01. The van der Waals surface area contributed by atoms with Gasteiger partial charge in [0.15, 0.2) is 0 Å². The summed E-state index contributed by atoms with van der Waals surface area (Å²) in [5.74, 6) is -0.662. The molecule has 0 amide bonds. The second kappa shape index (κ2) is 5.90. The van der Waals surface area contributed by atoms with Crippen LogP contribution in [0.1, 0.15) is 28.3 Å². The zero-order valence-corrected chi connectivity index (χ0v) is 12.1. The molecule has 0 saturated carbocycles. The van der Waals surface area contributed by atoms with Crippen molar-refractivity contribution in [1.82, 2.24) is 0 Å². The van der Waals surface area contributed by atoms with Crippen molar-refractivity contribution < 1.29 is 8.78 Å². The summed E-state index contributed by atoms with van der Waals surface area (Å²) in [5.41, 5.74) is 8.93. The molecule has 0 fully saturated rings. The third-order valence-electron chi connectivity index (χ3n) is 3.41. The van der Waals surface area contributed by atoms with E-state index in [4.69, 9.17) is 17.3 Å². The van der Waals surface area contributed by atoms with Crippen LogP contribution in [0.15, 0.2) is 30.3 Å². The summed E-state index contributed by atoms with van der Waals surface area (Å²) < 4.78 is 27.1. The fourth-order valence-corrected chi connectivity index (χ4v) is 2.80. The first-order valence-corrected chi connectivity index (χ1v) is 6.73. The van der Waals surface area contributed by atoms with E-state index in [0.29, 0.717) is 10.6 Å². The van der Waals surface area contributed by atoms with Crippen molar-refractivity contribution in [2.75, 3.05) is 0 Å². The van der Waals surface area contributed by atoms with Gasteiger partial charge < -0.3 is 5.73 Å². The van der Waals surface area contributed by atoms with Gasteiger partial charge in [0.25, 0.3) is 0 Å². The van der Waals surface area contributed by atoms with E-state index in [1.807, 2.05) is 0 Å². The Morgan fingerprint density at radius 3 is 2.30 bits per heavy atom. The minimum Gasteiger partial charge on any atom is -0.324 e. The second-order valence-electron chi connectivity index (χ2n) is 4.96. The van der Waals surface area contributed by atoms with Crippen LogP contribution in [-0.2, 0) is 6.42 Å². The van der Waals surface area contributed by atoms with Crippen LogP contribution in [0.5, 0.6) is 0 Å². The van der Waals surface area contributed by atoms with Crippen LogP contribution in [0.2, 0.25) is 5.02 Å². The average Bonchev–Trinajstić information content (AvgIpc) is 2.32. The zero-order chi connectivity index (χ0) is 14.9. The summed E-state index contributed by atoms with van der Waals surface area (Å²) in [6.07, 6.45) is 0.277. The molecule has 106 valence electrons. The molecular formula is C16H16ClF2N. The normalized spacial score (nSPS) is 12.5. The number of hydrogen-bond donors (Lipinski definition) is 1. The van der Waals surface area contributed by atoms with Gasteiger partial charge in [0.05, 0.1) is 0 Å². The van der Waals surface area contributed by atoms with Gasteiger partial charge in [-0.3, -0.25) is 0 Å². The minimum absolute atomic E-state index is 0.277. The molecule has 0 aromatic heterocycles. The summed E-state index contributed by atoms with van der Waals surface area (Å²) in [6, 6.07) is 7.00. The lowest BCUT2D eigenvalue weighted by Crippen LogP contribution is -2.17. The molecule has 0 aliphatic heterocycles. The van der Waals surface area contributed by atoms with Crippen molar-refractivity contribution in [3.8, 4) is 0 Å². The molecule has 4 heteroatoms. The van der Waals surface area contributed by atoms with Crippen molar-refractivity contribution in [3.63, 3.8) is 0 Å². The monoisotopic (exact) mass is 295 g/mol. The lowest BCUT2D eigenvalue weighted by atomic mass is 9.92. The first-order valence-electron chi connectivity index (χ1n) is 6.35. The van der Waals surface area contributed by atoms with Crippen LogP contribution in [0.4, 0.5) is 8.78 Å². The summed E-state index contributed by atoms with van der Waals surface area (Å²) in [4.78, 5) is 0. The molecule has 1 unspecified atom stereocenters.